The molecule has 0 aliphatic carbocycles. The van der Waals surface area contributed by atoms with Gasteiger partial charge in [0, 0.05) is 47.7 Å². The summed E-state index contributed by atoms with van der Waals surface area (Å²) in [4.78, 5) is 21.5. The Morgan fingerprint density at radius 2 is 1.93 bits per heavy atom. The van der Waals surface area contributed by atoms with Crippen molar-refractivity contribution < 1.29 is 4.79 Å². The summed E-state index contributed by atoms with van der Waals surface area (Å²) in [5.74, 6) is 1.50. The molecule has 9 heteroatoms. The van der Waals surface area contributed by atoms with Gasteiger partial charge in [-0.15, -0.1) is 35.7 Å². The first kappa shape index (κ1) is 24.5. The molecule has 0 saturated heterocycles. The van der Waals surface area contributed by atoms with Crippen LogP contribution in [0.1, 0.15) is 17.3 Å². The highest BCUT2D eigenvalue weighted by atomic mass is 127. The smallest absolute Gasteiger partial charge is 0.252 e. The van der Waals surface area contributed by atoms with Gasteiger partial charge in [0.25, 0.3) is 5.91 Å². The molecule has 2 rings (SSSR count). The first-order valence-electron chi connectivity index (χ1n) is 8.78. The largest absolute Gasteiger partial charge is 0.357 e. The SMILES string of the molecule is CCNC(=NCCNC(=O)c1cccnc1)NCCSc1ccc(Cl)cc1.I. The third-order valence-electron chi connectivity index (χ3n) is 3.41. The number of thioether (sulfide) groups is 1. The quantitative estimate of drug-likeness (QED) is 0.151. The van der Waals surface area contributed by atoms with Gasteiger partial charge in [0.05, 0.1) is 12.1 Å². The van der Waals surface area contributed by atoms with Gasteiger partial charge < -0.3 is 16.0 Å². The topological polar surface area (TPSA) is 78.4 Å². The van der Waals surface area contributed by atoms with Crippen LogP contribution in [0.15, 0.2) is 58.7 Å². The van der Waals surface area contributed by atoms with Crippen LogP contribution in [0.3, 0.4) is 0 Å². The minimum absolute atomic E-state index is 0. The summed E-state index contributed by atoms with van der Waals surface area (Å²) in [6.45, 7) is 4.53. The van der Waals surface area contributed by atoms with Crippen molar-refractivity contribution in [2.75, 3.05) is 31.9 Å². The summed E-state index contributed by atoms with van der Waals surface area (Å²) >= 11 is 7.64. The van der Waals surface area contributed by atoms with Crippen molar-refractivity contribution in [3.05, 3.63) is 59.4 Å². The molecule has 28 heavy (non-hydrogen) atoms. The van der Waals surface area contributed by atoms with Crippen LogP contribution in [0.25, 0.3) is 0 Å². The van der Waals surface area contributed by atoms with Gasteiger partial charge in [0.2, 0.25) is 0 Å². The standard InChI is InChI=1S/C19H24ClN5OS.HI/c1-2-22-19(25-12-13-27-17-7-5-16(20)6-8-17)24-11-10-23-18(26)15-4-3-9-21-14-15;/h3-9,14H,2,10-13H2,1H3,(H,23,26)(H2,22,24,25);1H. The molecule has 0 aliphatic rings. The fourth-order valence-electron chi connectivity index (χ4n) is 2.15. The summed E-state index contributed by atoms with van der Waals surface area (Å²) in [6, 6.07) is 11.3. The number of amides is 1. The number of benzene rings is 1. The minimum Gasteiger partial charge on any atom is -0.357 e. The highest BCUT2D eigenvalue weighted by Gasteiger charge is 2.03. The molecular weight excluding hydrogens is 509 g/mol. The number of aliphatic imine (C=N–C) groups is 1. The molecule has 1 aromatic carbocycles. The molecule has 0 spiro atoms. The summed E-state index contributed by atoms with van der Waals surface area (Å²) in [5.41, 5.74) is 0.547. The van der Waals surface area contributed by atoms with Gasteiger partial charge in [-0.25, -0.2) is 0 Å². The molecule has 152 valence electrons. The number of hydrogen-bond acceptors (Lipinski definition) is 4. The number of carbonyl (C=O) groups excluding carboxylic acids is 1. The monoisotopic (exact) mass is 533 g/mol. The molecule has 2 aromatic rings. The molecule has 3 N–H and O–H groups in total. The van der Waals surface area contributed by atoms with Crippen LogP contribution in [-0.2, 0) is 0 Å². The van der Waals surface area contributed by atoms with E-state index in [2.05, 4.69) is 25.9 Å². The number of rotatable bonds is 9. The van der Waals surface area contributed by atoms with Gasteiger partial charge in [-0.05, 0) is 43.3 Å². The van der Waals surface area contributed by atoms with Crippen LogP contribution < -0.4 is 16.0 Å². The van der Waals surface area contributed by atoms with Gasteiger partial charge in [-0.3, -0.25) is 14.8 Å². The van der Waals surface area contributed by atoms with Crippen molar-refractivity contribution >= 4 is 59.2 Å². The molecule has 0 radical (unpaired) electrons. The number of hydrogen-bond donors (Lipinski definition) is 3. The fourth-order valence-corrected chi connectivity index (χ4v) is 3.04. The van der Waals surface area contributed by atoms with E-state index in [0.29, 0.717) is 18.7 Å². The van der Waals surface area contributed by atoms with E-state index >= 15 is 0 Å². The third-order valence-corrected chi connectivity index (χ3v) is 4.68. The van der Waals surface area contributed by atoms with E-state index < -0.39 is 0 Å². The lowest BCUT2D eigenvalue weighted by molar-refractivity contribution is 0.0954. The molecule has 0 saturated carbocycles. The Bertz CT molecular complexity index is 731. The van der Waals surface area contributed by atoms with Crippen molar-refractivity contribution in [2.24, 2.45) is 4.99 Å². The number of carbonyl (C=O) groups is 1. The number of nitrogens with one attached hydrogen (secondary N) is 3. The van der Waals surface area contributed by atoms with E-state index in [9.17, 15) is 4.79 Å². The Balaban J connectivity index is 0.00000392. The molecule has 1 aromatic heterocycles. The molecular formula is C19H25ClIN5OS. The number of pyridine rings is 1. The lowest BCUT2D eigenvalue weighted by atomic mass is 10.3. The van der Waals surface area contributed by atoms with Crippen LogP contribution in [0.4, 0.5) is 0 Å². The Morgan fingerprint density at radius 1 is 1.14 bits per heavy atom. The first-order chi connectivity index (χ1) is 13.2. The van der Waals surface area contributed by atoms with Crippen molar-refractivity contribution in [1.29, 1.82) is 0 Å². The maximum Gasteiger partial charge on any atom is 0.252 e. The number of aromatic nitrogens is 1. The third kappa shape index (κ3) is 9.61. The molecule has 6 nitrogen and oxygen atoms in total. The molecule has 0 unspecified atom stereocenters. The molecule has 0 aliphatic heterocycles. The lowest BCUT2D eigenvalue weighted by Gasteiger charge is -2.11. The van der Waals surface area contributed by atoms with Crippen molar-refractivity contribution in [3.8, 4) is 0 Å². The molecule has 0 fully saturated rings. The average Bonchev–Trinajstić information content (AvgIpc) is 2.70. The lowest BCUT2D eigenvalue weighted by Crippen LogP contribution is -2.39. The Kier molecular flexibility index (Phi) is 12.7. The van der Waals surface area contributed by atoms with Crippen molar-refractivity contribution in [3.63, 3.8) is 0 Å². The Morgan fingerprint density at radius 3 is 2.61 bits per heavy atom. The average molecular weight is 534 g/mol. The second-order valence-corrected chi connectivity index (χ2v) is 7.09. The summed E-state index contributed by atoms with van der Waals surface area (Å²) in [6.07, 6.45) is 3.18. The molecule has 1 amide bonds. The van der Waals surface area contributed by atoms with Gasteiger partial charge in [0.1, 0.15) is 0 Å². The predicted molar refractivity (Wildman–Crippen MR) is 128 cm³/mol. The Hall–Kier alpha value is -1.52. The predicted octanol–water partition coefficient (Wildman–Crippen LogP) is 3.43. The van der Waals surface area contributed by atoms with Gasteiger partial charge in [0.15, 0.2) is 5.96 Å². The molecule has 0 bridgehead atoms. The van der Waals surface area contributed by atoms with E-state index in [-0.39, 0.29) is 29.9 Å². The summed E-state index contributed by atoms with van der Waals surface area (Å²) in [5, 5.41) is 10.1. The van der Waals surface area contributed by atoms with E-state index in [0.717, 1.165) is 29.8 Å². The highest BCUT2D eigenvalue weighted by Crippen LogP contribution is 2.19. The zero-order chi connectivity index (χ0) is 19.3. The Labute approximate surface area is 192 Å². The van der Waals surface area contributed by atoms with E-state index in [1.807, 2.05) is 31.2 Å². The number of guanidine groups is 1. The number of halogens is 2. The number of nitrogens with zero attached hydrogens (tertiary/aromatic N) is 2. The molecule has 1 heterocycles. The minimum atomic E-state index is -0.143. The second-order valence-electron chi connectivity index (χ2n) is 5.49. The van der Waals surface area contributed by atoms with Crippen LogP contribution in [-0.4, -0.2) is 48.8 Å². The maximum absolute atomic E-state index is 11.9. The fraction of sp³-hybridized carbons (Fsp3) is 0.316. The zero-order valence-electron chi connectivity index (χ0n) is 15.7. The van der Waals surface area contributed by atoms with E-state index in [1.54, 1.807) is 36.3 Å². The van der Waals surface area contributed by atoms with E-state index in [4.69, 9.17) is 11.6 Å². The van der Waals surface area contributed by atoms with Crippen molar-refractivity contribution in [1.82, 2.24) is 20.9 Å². The van der Waals surface area contributed by atoms with Crippen LogP contribution in [0, 0.1) is 0 Å². The van der Waals surface area contributed by atoms with Gasteiger partial charge in [-0.1, -0.05) is 11.6 Å². The zero-order valence-corrected chi connectivity index (χ0v) is 19.6. The van der Waals surface area contributed by atoms with Crippen LogP contribution in [0.2, 0.25) is 5.02 Å². The molecule has 0 atom stereocenters. The summed E-state index contributed by atoms with van der Waals surface area (Å²) in [7, 11) is 0. The van der Waals surface area contributed by atoms with Gasteiger partial charge in [-0.2, -0.15) is 0 Å². The summed E-state index contributed by atoms with van der Waals surface area (Å²) < 4.78 is 0. The van der Waals surface area contributed by atoms with Crippen LogP contribution in [0.5, 0.6) is 0 Å². The van der Waals surface area contributed by atoms with E-state index in [1.165, 1.54) is 4.90 Å². The van der Waals surface area contributed by atoms with Crippen LogP contribution >= 0.6 is 47.3 Å². The van der Waals surface area contributed by atoms with Gasteiger partial charge >= 0.3 is 0 Å². The normalized spacial score (nSPS) is 10.7. The second kappa shape index (κ2) is 14.5. The maximum atomic E-state index is 11.9. The van der Waals surface area contributed by atoms with Crippen molar-refractivity contribution in [2.45, 2.75) is 11.8 Å². The highest BCUT2D eigenvalue weighted by molar-refractivity contribution is 14.0. The first-order valence-corrected chi connectivity index (χ1v) is 10.1.